The van der Waals surface area contributed by atoms with Crippen molar-refractivity contribution in [2.75, 3.05) is 10.9 Å². The van der Waals surface area contributed by atoms with Crippen LogP contribution in [0.3, 0.4) is 0 Å². The molecule has 0 atom stereocenters. The minimum absolute atomic E-state index is 0.0726. The Bertz CT molecular complexity index is 1440. The summed E-state index contributed by atoms with van der Waals surface area (Å²) >= 11 is 6.73. The van der Waals surface area contributed by atoms with Crippen LogP contribution in [0.15, 0.2) is 80.8 Å². The van der Waals surface area contributed by atoms with Crippen LogP contribution >= 0.6 is 22.9 Å². The highest BCUT2D eigenvalue weighted by molar-refractivity contribution is 7.93. The minimum atomic E-state index is -4.31. The molecule has 0 N–H and O–H groups in total. The first-order valence-corrected chi connectivity index (χ1v) is 12.0. The first-order valence-electron chi connectivity index (χ1n) is 9.41. The van der Waals surface area contributed by atoms with Crippen molar-refractivity contribution in [3.05, 3.63) is 87.0 Å². The topological polar surface area (TPSA) is 93.9 Å². The Kier molecular flexibility index (Phi) is 6.05. The van der Waals surface area contributed by atoms with Crippen molar-refractivity contribution in [1.29, 1.82) is 0 Å². The molecule has 1 aromatic heterocycles. The number of nitrogens with zero attached hydrogens (tertiary/aromatic N) is 1. The van der Waals surface area contributed by atoms with E-state index in [4.69, 9.17) is 20.8 Å². The number of ether oxygens (including phenoxy) is 1. The highest BCUT2D eigenvalue weighted by atomic mass is 35.5. The van der Waals surface area contributed by atoms with E-state index in [1.54, 1.807) is 0 Å². The van der Waals surface area contributed by atoms with Gasteiger partial charge in [0.25, 0.3) is 15.9 Å². The summed E-state index contributed by atoms with van der Waals surface area (Å²) in [6.07, 6.45) is 0. The van der Waals surface area contributed by atoms with E-state index in [0.717, 1.165) is 11.3 Å². The average molecular weight is 490 g/mol. The summed E-state index contributed by atoms with van der Waals surface area (Å²) in [5.74, 6) is -0.266. The third kappa shape index (κ3) is 4.27. The lowest BCUT2D eigenvalue weighted by Crippen LogP contribution is -2.37. The number of sulfonamides is 1. The monoisotopic (exact) mass is 489 g/mol. The number of hydrogen-bond donors (Lipinski definition) is 0. The summed E-state index contributed by atoms with van der Waals surface area (Å²) in [6, 6.07) is 16.0. The minimum Gasteiger partial charge on any atom is -0.494 e. The molecular formula is C22H16ClNO6S2. The van der Waals surface area contributed by atoms with Gasteiger partial charge in [0.2, 0.25) is 0 Å². The van der Waals surface area contributed by atoms with Crippen molar-refractivity contribution in [1.82, 2.24) is 0 Å². The zero-order chi connectivity index (χ0) is 22.9. The van der Waals surface area contributed by atoms with E-state index in [9.17, 15) is 18.0 Å². The van der Waals surface area contributed by atoms with Crippen molar-refractivity contribution in [2.24, 2.45) is 0 Å². The fraction of sp³-hybridized carbons (Fsp3) is 0.0909. The number of amides is 1. The molecule has 7 nitrogen and oxygen atoms in total. The van der Waals surface area contributed by atoms with Crippen LogP contribution in [-0.2, 0) is 10.0 Å². The number of rotatable bonds is 6. The van der Waals surface area contributed by atoms with E-state index in [-0.39, 0.29) is 16.1 Å². The SMILES string of the molecule is CCOc1ccc(S(=O)(=O)N(C(=O)c2ccc(Cl)cc2)c2ccc3oc(=O)sc3c2)cc1. The number of carbonyl (C=O) groups excluding carboxylic acids is 1. The van der Waals surface area contributed by atoms with Crippen molar-refractivity contribution < 1.29 is 22.4 Å². The third-order valence-corrected chi connectivity index (χ3v) is 7.26. The summed E-state index contributed by atoms with van der Waals surface area (Å²) in [7, 11) is -4.31. The van der Waals surface area contributed by atoms with Crippen molar-refractivity contribution in [3.63, 3.8) is 0 Å². The molecule has 4 aromatic rings. The Hall–Kier alpha value is -3.14. The summed E-state index contributed by atoms with van der Waals surface area (Å²) in [5, 5.41) is 0.409. The zero-order valence-corrected chi connectivity index (χ0v) is 19.0. The largest absolute Gasteiger partial charge is 0.494 e. The molecule has 3 aromatic carbocycles. The fourth-order valence-corrected chi connectivity index (χ4v) is 5.27. The number of anilines is 1. The summed E-state index contributed by atoms with van der Waals surface area (Å²) in [5.41, 5.74) is 0.508. The Morgan fingerprint density at radius 2 is 1.75 bits per heavy atom. The number of carbonyl (C=O) groups is 1. The molecule has 0 fully saturated rings. The summed E-state index contributed by atoms with van der Waals surface area (Å²) in [4.78, 5) is 24.4. The Morgan fingerprint density at radius 3 is 2.41 bits per heavy atom. The molecule has 10 heteroatoms. The second-order valence-electron chi connectivity index (χ2n) is 6.57. The predicted octanol–water partition coefficient (Wildman–Crippen LogP) is 4.94. The van der Waals surface area contributed by atoms with Gasteiger partial charge in [-0.25, -0.2) is 13.2 Å². The maximum absolute atomic E-state index is 13.6. The van der Waals surface area contributed by atoms with Crippen molar-refractivity contribution in [2.45, 2.75) is 11.8 Å². The molecule has 164 valence electrons. The van der Waals surface area contributed by atoms with Crippen LogP contribution in [0, 0.1) is 0 Å². The molecule has 4 rings (SSSR count). The maximum atomic E-state index is 13.6. The zero-order valence-electron chi connectivity index (χ0n) is 16.6. The van der Waals surface area contributed by atoms with Crippen LogP contribution in [-0.4, -0.2) is 20.9 Å². The van der Waals surface area contributed by atoms with E-state index in [0.29, 0.717) is 32.0 Å². The summed E-state index contributed by atoms with van der Waals surface area (Å²) in [6.45, 7) is 2.25. The lowest BCUT2D eigenvalue weighted by molar-refractivity contribution is 0.101. The molecule has 0 aliphatic heterocycles. The van der Waals surface area contributed by atoms with E-state index in [2.05, 4.69) is 0 Å². The first kappa shape index (κ1) is 22.1. The van der Waals surface area contributed by atoms with E-state index in [1.807, 2.05) is 6.92 Å². The molecule has 0 bridgehead atoms. The second kappa shape index (κ2) is 8.78. The molecule has 1 heterocycles. The molecule has 0 aliphatic carbocycles. The predicted molar refractivity (Wildman–Crippen MR) is 123 cm³/mol. The van der Waals surface area contributed by atoms with Gasteiger partial charge >= 0.3 is 4.94 Å². The Balaban J connectivity index is 1.86. The van der Waals surface area contributed by atoms with Crippen molar-refractivity contribution >= 4 is 54.8 Å². The number of hydrogen-bond acceptors (Lipinski definition) is 7. The molecule has 0 radical (unpaired) electrons. The van der Waals surface area contributed by atoms with Crippen molar-refractivity contribution in [3.8, 4) is 5.75 Å². The van der Waals surface area contributed by atoms with Gasteiger partial charge in [-0.3, -0.25) is 4.79 Å². The van der Waals surface area contributed by atoms with Crippen LogP contribution in [0.2, 0.25) is 5.02 Å². The van der Waals surface area contributed by atoms with Gasteiger partial charge in [-0.1, -0.05) is 22.9 Å². The van der Waals surface area contributed by atoms with Gasteiger partial charge in [0, 0.05) is 10.6 Å². The molecule has 0 saturated heterocycles. The molecule has 0 saturated carbocycles. The second-order valence-corrected chi connectivity index (χ2v) is 9.77. The van der Waals surface area contributed by atoms with E-state index in [1.165, 1.54) is 66.7 Å². The van der Waals surface area contributed by atoms with Crippen LogP contribution in [0.4, 0.5) is 5.69 Å². The average Bonchev–Trinajstić information content (AvgIpc) is 3.14. The number of benzene rings is 3. The lowest BCUT2D eigenvalue weighted by atomic mass is 10.2. The van der Waals surface area contributed by atoms with Crippen LogP contribution in [0.25, 0.3) is 10.3 Å². The van der Waals surface area contributed by atoms with Crippen LogP contribution in [0.1, 0.15) is 17.3 Å². The molecule has 0 unspecified atom stereocenters. The van der Waals surface area contributed by atoms with E-state index < -0.39 is 20.9 Å². The van der Waals surface area contributed by atoms with Gasteiger partial charge in [0.05, 0.1) is 21.9 Å². The molecule has 0 aliphatic rings. The molecule has 0 spiro atoms. The fourth-order valence-electron chi connectivity index (χ4n) is 3.04. The van der Waals surface area contributed by atoms with Gasteiger partial charge in [0.1, 0.15) is 11.3 Å². The standard InChI is InChI=1S/C22H16ClNO6S2/c1-2-29-17-8-10-18(11-9-17)32(27,28)24(21(25)14-3-5-15(23)6-4-14)16-7-12-19-20(13-16)31-22(26)30-19/h3-13H,2H2,1H3. The van der Waals surface area contributed by atoms with Gasteiger partial charge in [-0.2, -0.15) is 4.31 Å². The maximum Gasteiger partial charge on any atom is 0.396 e. The van der Waals surface area contributed by atoms with Gasteiger partial charge < -0.3 is 9.15 Å². The van der Waals surface area contributed by atoms with E-state index >= 15 is 0 Å². The molecule has 32 heavy (non-hydrogen) atoms. The Labute approximate surface area is 192 Å². The normalized spacial score (nSPS) is 11.4. The lowest BCUT2D eigenvalue weighted by Gasteiger charge is -2.23. The van der Waals surface area contributed by atoms with Crippen LogP contribution < -0.4 is 14.0 Å². The van der Waals surface area contributed by atoms with Gasteiger partial charge in [-0.15, -0.1) is 0 Å². The quantitative estimate of drug-likeness (QED) is 0.380. The third-order valence-electron chi connectivity index (χ3n) is 4.50. The highest BCUT2D eigenvalue weighted by Gasteiger charge is 2.32. The van der Waals surface area contributed by atoms with Gasteiger partial charge in [-0.05, 0) is 73.7 Å². The number of halogens is 1. The van der Waals surface area contributed by atoms with Gasteiger partial charge in [0.15, 0.2) is 0 Å². The molecular weight excluding hydrogens is 474 g/mol. The van der Waals surface area contributed by atoms with Crippen LogP contribution in [0.5, 0.6) is 5.75 Å². The summed E-state index contributed by atoms with van der Waals surface area (Å²) < 4.78 is 38.7. The smallest absolute Gasteiger partial charge is 0.396 e. The Morgan fingerprint density at radius 1 is 1.06 bits per heavy atom. The highest BCUT2D eigenvalue weighted by Crippen LogP contribution is 2.31. The molecule has 1 amide bonds. The first-order chi connectivity index (χ1) is 15.3. The number of fused-ring (bicyclic) bond motifs is 1.